The van der Waals surface area contributed by atoms with E-state index in [2.05, 4.69) is 4.72 Å². The van der Waals surface area contributed by atoms with Crippen LogP contribution < -0.4 is 4.72 Å². The molecule has 4 nitrogen and oxygen atoms in total. The van der Waals surface area contributed by atoms with Gasteiger partial charge in [0.2, 0.25) is 10.0 Å². The fourth-order valence-corrected chi connectivity index (χ4v) is 1.52. The van der Waals surface area contributed by atoms with E-state index in [-0.39, 0.29) is 12.0 Å². The molecule has 80 valence electrons. The highest BCUT2D eigenvalue weighted by Gasteiger charge is 2.17. The average Bonchev–Trinajstić information content (AvgIpc) is 1.78. The SMILES string of the molecule is CC(C)(C)CC(O)CNS(C)(=O)=O. The van der Waals surface area contributed by atoms with Gasteiger partial charge in [0.15, 0.2) is 0 Å². The third-order valence-corrected chi connectivity index (χ3v) is 2.12. The molecule has 0 bridgehead atoms. The molecule has 0 aromatic heterocycles. The van der Waals surface area contributed by atoms with E-state index >= 15 is 0 Å². The van der Waals surface area contributed by atoms with E-state index in [4.69, 9.17) is 0 Å². The van der Waals surface area contributed by atoms with Crippen molar-refractivity contribution in [1.29, 1.82) is 0 Å². The highest BCUT2D eigenvalue weighted by atomic mass is 32.2. The van der Waals surface area contributed by atoms with Crippen LogP contribution in [0, 0.1) is 5.41 Å². The predicted molar refractivity (Wildman–Crippen MR) is 52.9 cm³/mol. The summed E-state index contributed by atoms with van der Waals surface area (Å²) in [5.41, 5.74) is 0.0125. The molecule has 0 aromatic rings. The van der Waals surface area contributed by atoms with Gasteiger partial charge in [0.25, 0.3) is 0 Å². The van der Waals surface area contributed by atoms with Gasteiger partial charge in [-0.05, 0) is 11.8 Å². The Balaban J connectivity index is 3.84. The number of nitrogens with one attached hydrogen (secondary N) is 1. The number of sulfonamides is 1. The van der Waals surface area contributed by atoms with Crippen molar-refractivity contribution in [2.45, 2.75) is 33.3 Å². The standard InChI is InChI=1S/C8H19NO3S/c1-8(2,3)5-7(10)6-9-13(4,11)12/h7,9-10H,5-6H2,1-4H3. The summed E-state index contributed by atoms with van der Waals surface area (Å²) in [4.78, 5) is 0. The highest BCUT2D eigenvalue weighted by molar-refractivity contribution is 7.88. The van der Waals surface area contributed by atoms with E-state index in [1.54, 1.807) is 0 Å². The van der Waals surface area contributed by atoms with Crippen molar-refractivity contribution in [3.05, 3.63) is 0 Å². The molecule has 0 aliphatic heterocycles. The van der Waals surface area contributed by atoms with Crippen LogP contribution in [-0.4, -0.2) is 32.4 Å². The summed E-state index contributed by atoms with van der Waals surface area (Å²) in [5, 5.41) is 9.42. The van der Waals surface area contributed by atoms with Crippen LogP contribution in [0.15, 0.2) is 0 Å². The Labute approximate surface area is 80.4 Å². The smallest absolute Gasteiger partial charge is 0.208 e. The second-order valence-electron chi connectivity index (χ2n) is 4.54. The second kappa shape index (κ2) is 4.39. The molecule has 0 radical (unpaired) electrons. The van der Waals surface area contributed by atoms with Gasteiger partial charge in [-0.1, -0.05) is 20.8 Å². The maximum Gasteiger partial charge on any atom is 0.208 e. The molecule has 13 heavy (non-hydrogen) atoms. The summed E-state index contributed by atoms with van der Waals surface area (Å²) in [5.74, 6) is 0. The second-order valence-corrected chi connectivity index (χ2v) is 6.37. The Morgan fingerprint density at radius 1 is 1.38 bits per heavy atom. The molecule has 0 heterocycles. The Morgan fingerprint density at radius 3 is 2.15 bits per heavy atom. The lowest BCUT2D eigenvalue weighted by molar-refractivity contribution is 0.125. The normalized spacial score (nSPS) is 15.8. The summed E-state index contributed by atoms with van der Waals surface area (Å²) in [7, 11) is -3.18. The van der Waals surface area contributed by atoms with Crippen molar-refractivity contribution >= 4 is 10.0 Å². The third-order valence-electron chi connectivity index (χ3n) is 1.43. The molecule has 1 unspecified atom stereocenters. The molecule has 0 aromatic carbocycles. The molecule has 0 aliphatic rings. The molecule has 1 atom stereocenters. The van der Waals surface area contributed by atoms with E-state index in [1.165, 1.54) is 0 Å². The van der Waals surface area contributed by atoms with E-state index in [9.17, 15) is 13.5 Å². The van der Waals surface area contributed by atoms with Gasteiger partial charge in [-0.15, -0.1) is 0 Å². The van der Waals surface area contributed by atoms with Gasteiger partial charge in [-0.25, -0.2) is 13.1 Å². The van der Waals surface area contributed by atoms with Gasteiger partial charge in [-0.2, -0.15) is 0 Å². The molecule has 2 N–H and O–H groups in total. The number of aliphatic hydroxyl groups is 1. The van der Waals surface area contributed by atoms with Crippen molar-refractivity contribution < 1.29 is 13.5 Å². The highest BCUT2D eigenvalue weighted by Crippen LogP contribution is 2.20. The van der Waals surface area contributed by atoms with Crippen LogP contribution in [0.4, 0.5) is 0 Å². The number of hydrogen-bond acceptors (Lipinski definition) is 3. The van der Waals surface area contributed by atoms with Gasteiger partial charge in [0.05, 0.1) is 12.4 Å². The molecular formula is C8H19NO3S. The first-order chi connectivity index (χ1) is 5.60. The molecule has 0 saturated carbocycles. The minimum absolute atomic E-state index is 0.0125. The lowest BCUT2D eigenvalue weighted by Gasteiger charge is -2.22. The first kappa shape index (κ1) is 12.9. The topological polar surface area (TPSA) is 66.4 Å². The van der Waals surface area contributed by atoms with Crippen molar-refractivity contribution in [2.75, 3.05) is 12.8 Å². The molecule has 5 heteroatoms. The zero-order chi connectivity index (χ0) is 10.7. The monoisotopic (exact) mass is 209 g/mol. The van der Waals surface area contributed by atoms with Crippen LogP contribution >= 0.6 is 0 Å². The van der Waals surface area contributed by atoms with E-state index in [1.807, 2.05) is 20.8 Å². The lowest BCUT2D eigenvalue weighted by atomic mass is 9.89. The minimum Gasteiger partial charge on any atom is -0.392 e. The quantitative estimate of drug-likeness (QED) is 0.701. The number of rotatable bonds is 4. The Kier molecular flexibility index (Phi) is 4.35. The maximum atomic E-state index is 10.7. The van der Waals surface area contributed by atoms with Crippen molar-refractivity contribution in [2.24, 2.45) is 5.41 Å². The first-order valence-electron chi connectivity index (χ1n) is 4.23. The fourth-order valence-electron chi connectivity index (χ4n) is 1.03. The van der Waals surface area contributed by atoms with Gasteiger partial charge in [-0.3, -0.25) is 0 Å². The molecule has 0 amide bonds. The summed E-state index contributed by atoms with van der Waals surface area (Å²) in [6.07, 6.45) is 1.04. The van der Waals surface area contributed by atoms with Gasteiger partial charge in [0.1, 0.15) is 0 Å². The summed E-state index contributed by atoms with van der Waals surface area (Å²) >= 11 is 0. The first-order valence-corrected chi connectivity index (χ1v) is 6.12. The summed E-state index contributed by atoms with van der Waals surface area (Å²) < 4.78 is 23.6. The van der Waals surface area contributed by atoms with Crippen LogP contribution in [0.1, 0.15) is 27.2 Å². The van der Waals surface area contributed by atoms with E-state index < -0.39 is 16.1 Å². The maximum absolute atomic E-state index is 10.7. The van der Waals surface area contributed by atoms with Crippen LogP contribution in [0.25, 0.3) is 0 Å². The van der Waals surface area contributed by atoms with Gasteiger partial charge >= 0.3 is 0 Å². The molecule has 0 spiro atoms. The molecule has 0 saturated heterocycles. The average molecular weight is 209 g/mol. The van der Waals surface area contributed by atoms with Gasteiger partial charge < -0.3 is 5.11 Å². The molecule has 0 aliphatic carbocycles. The van der Waals surface area contributed by atoms with Crippen molar-refractivity contribution in [3.8, 4) is 0 Å². The zero-order valence-electron chi connectivity index (χ0n) is 8.66. The van der Waals surface area contributed by atoms with E-state index in [0.717, 1.165) is 6.26 Å². The Hall–Kier alpha value is -0.130. The number of aliphatic hydroxyl groups excluding tert-OH is 1. The predicted octanol–water partition coefficient (Wildman–Crippen LogP) is 0.333. The molecule has 0 rings (SSSR count). The zero-order valence-corrected chi connectivity index (χ0v) is 9.48. The van der Waals surface area contributed by atoms with Gasteiger partial charge in [0, 0.05) is 6.54 Å². The third kappa shape index (κ3) is 9.79. The Morgan fingerprint density at radius 2 is 1.85 bits per heavy atom. The largest absolute Gasteiger partial charge is 0.392 e. The minimum atomic E-state index is -3.18. The van der Waals surface area contributed by atoms with Crippen LogP contribution in [0.3, 0.4) is 0 Å². The lowest BCUT2D eigenvalue weighted by Crippen LogP contribution is -2.33. The summed E-state index contributed by atoms with van der Waals surface area (Å²) in [6, 6.07) is 0. The number of hydrogen-bond donors (Lipinski definition) is 2. The van der Waals surface area contributed by atoms with Crippen LogP contribution in [0.2, 0.25) is 0 Å². The Bertz CT molecular complexity index is 241. The summed E-state index contributed by atoms with van der Waals surface area (Å²) in [6.45, 7) is 6.08. The van der Waals surface area contributed by atoms with E-state index in [0.29, 0.717) is 6.42 Å². The van der Waals surface area contributed by atoms with Crippen LogP contribution in [-0.2, 0) is 10.0 Å². The molecular weight excluding hydrogens is 190 g/mol. The van der Waals surface area contributed by atoms with Crippen molar-refractivity contribution in [1.82, 2.24) is 4.72 Å². The van der Waals surface area contributed by atoms with Crippen molar-refractivity contribution in [3.63, 3.8) is 0 Å². The molecule has 0 fully saturated rings. The van der Waals surface area contributed by atoms with Crippen LogP contribution in [0.5, 0.6) is 0 Å². The fraction of sp³-hybridized carbons (Fsp3) is 1.00.